The lowest BCUT2D eigenvalue weighted by molar-refractivity contribution is 0.669. The van der Waals surface area contributed by atoms with Gasteiger partial charge in [-0.25, -0.2) is 15.0 Å². The van der Waals surface area contributed by atoms with E-state index in [1.165, 1.54) is 20.2 Å². The van der Waals surface area contributed by atoms with Crippen LogP contribution in [0.5, 0.6) is 0 Å². The zero-order valence-electron chi connectivity index (χ0n) is 30.1. The van der Waals surface area contributed by atoms with Gasteiger partial charge in [-0.2, -0.15) is 0 Å². The molecule has 0 spiro atoms. The minimum absolute atomic E-state index is 0.578. The molecule has 4 nitrogen and oxygen atoms in total. The molecule has 0 unspecified atom stereocenters. The van der Waals surface area contributed by atoms with Gasteiger partial charge in [-0.1, -0.05) is 152 Å². The van der Waals surface area contributed by atoms with E-state index in [1.807, 2.05) is 59.9 Å². The Labute approximate surface area is 327 Å². The van der Waals surface area contributed by atoms with Crippen LogP contribution >= 0.6 is 11.3 Å². The highest BCUT2D eigenvalue weighted by Gasteiger charge is 2.22. The van der Waals surface area contributed by atoms with Crippen LogP contribution in [-0.4, -0.2) is 15.0 Å². The van der Waals surface area contributed by atoms with Gasteiger partial charge in [-0.15, -0.1) is 11.3 Å². The third kappa shape index (κ3) is 5.56. The Hall–Kier alpha value is -7.21. The van der Waals surface area contributed by atoms with E-state index in [-0.39, 0.29) is 0 Å². The number of para-hydroxylation sites is 1. The number of rotatable bonds is 6. The number of nitrogens with zero attached hydrogens (tertiary/aromatic N) is 3. The summed E-state index contributed by atoms with van der Waals surface area (Å²) in [6.07, 6.45) is 0. The summed E-state index contributed by atoms with van der Waals surface area (Å²) in [6, 6.07) is 65.7. The standard InChI is InChI=1S/C51H31N3OS/c1-4-14-32(15-5-1)33-24-26-36(27-25-33)50-52-49(35-18-8-3-9-19-35)53-51(54-50)44-30-46-42(37-20-10-12-22-45(37)55-46)29-40(44)41-31-48-43(38-21-11-13-23-47(38)56-48)28-39(41)34-16-6-2-7-17-34/h1-31H. The smallest absolute Gasteiger partial charge is 0.164 e. The van der Waals surface area contributed by atoms with Crippen molar-refractivity contribution in [2.75, 3.05) is 0 Å². The molecule has 0 N–H and O–H groups in total. The average molecular weight is 734 g/mol. The predicted molar refractivity (Wildman–Crippen MR) is 233 cm³/mol. The highest BCUT2D eigenvalue weighted by atomic mass is 32.1. The van der Waals surface area contributed by atoms with Gasteiger partial charge < -0.3 is 4.42 Å². The zero-order chi connectivity index (χ0) is 37.0. The van der Waals surface area contributed by atoms with Gasteiger partial charge in [0.15, 0.2) is 17.5 Å². The molecule has 0 saturated heterocycles. The number of aromatic nitrogens is 3. The van der Waals surface area contributed by atoms with Gasteiger partial charge in [0, 0.05) is 47.6 Å². The van der Waals surface area contributed by atoms with E-state index in [1.54, 1.807) is 0 Å². The maximum atomic E-state index is 6.55. The maximum absolute atomic E-state index is 6.55. The lowest BCUT2D eigenvalue weighted by Crippen LogP contribution is -2.01. The Morgan fingerprint density at radius 1 is 0.304 bits per heavy atom. The van der Waals surface area contributed by atoms with Crippen LogP contribution in [0.1, 0.15) is 0 Å². The molecule has 0 aliphatic heterocycles. The first-order valence-electron chi connectivity index (χ1n) is 18.7. The maximum Gasteiger partial charge on any atom is 0.164 e. The Kier molecular flexibility index (Phi) is 7.64. The van der Waals surface area contributed by atoms with E-state index in [9.17, 15) is 0 Å². The number of hydrogen-bond donors (Lipinski definition) is 0. The van der Waals surface area contributed by atoms with Crippen LogP contribution < -0.4 is 0 Å². The van der Waals surface area contributed by atoms with Gasteiger partial charge in [0.25, 0.3) is 0 Å². The third-order valence-corrected chi connectivity index (χ3v) is 11.7. The van der Waals surface area contributed by atoms with Crippen LogP contribution in [0.2, 0.25) is 0 Å². The molecule has 0 aliphatic rings. The molecule has 5 heteroatoms. The molecule has 0 radical (unpaired) electrons. The molecule has 0 fully saturated rings. The molecule has 0 amide bonds. The molecule has 0 saturated carbocycles. The molecule has 0 atom stereocenters. The second-order valence-electron chi connectivity index (χ2n) is 14.0. The van der Waals surface area contributed by atoms with Crippen molar-refractivity contribution in [2.24, 2.45) is 0 Å². The van der Waals surface area contributed by atoms with E-state index < -0.39 is 0 Å². The summed E-state index contributed by atoms with van der Waals surface area (Å²) in [5.74, 6) is 1.79. The molecular weight excluding hydrogens is 703 g/mol. The third-order valence-electron chi connectivity index (χ3n) is 10.6. The van der Waals surface area contributed by atoms with E-state index in [0.717, 1.165) is 72.0 Å². The Morgan fingerprint density at radius 2 is 0.821 bits per heavy atom. The van der Waals surface area contributed by atoms with Crippen molar-refractivity contribution < 1.29 is 4.42 Å². The quantitative estimate of drug-likeness (QED) is 0.171. The van der Waals surface area contributed by atoms with Gasteiger partial charge in [-0.3, -0.25) is 0 Å². The molecule has 262 valence electrons. The first-order valence-corrected chi connectivity index (χ1v) is 19.5. The van der Waals surface area contributed by atoms with Gasteiger partial charge in [0.05, 0.1) is 0 Å². The van der Waals surface area contributed by atoms with Crippen LogP contribution in [0.25, 0.3) is 110 Å². The van der Waals surface area contributed by atoms with Crippen LogP contribution in [0.3, 0.4) is 0 Å². The van der Waals surface area contributed by atoms with Crippen molar-refractivity contribution in [2.45, 2.75) is 0 Å². The molecule has 8 aromatic carbocycles. The van der Waals surface area contributed by atoms with Crippen molar-refractivity contribution >= 4 is 53.4 Å². The molecule has 11 aromatic rings. The molecular formula is C51H31N3OS. The Morgan fingerprint density at radius 3 is 1.55 bits per heavy atom. The van der Waals surface area contributed by atoms with Crippen molar-refractivity contribution in [3.63, 3.8) is 0 Å². The number of hydrogen-bond acceptors (Lipinski definition) is 5. The van der Waals surface area contributed by atoms with Gasteiger partial charge in [-0.05, 0) is 69.8 Å². The molecule has 0 aliphatic carbocycles. The molecule has 56 heavy (non-hydrogen) atoms. The van der Waals surface area contributed by atoms with Crippen LogP contribution in [0.4, 0.5) is 0 Å². The predicted octanol–water partition coefficient (Wildman–Crippen LogP) is 14.1. The van der Waals surface area contributed by atoms with E-state index >= 15 is 0 Å². The summed E-state index contributed by atoms with van der Waals surface area (Å²) >= 11 is 1.82. The van der Waals surface area contributed by atoms with Crippen molar-refractivity contribution in [3.8, 4) is 67.5 Å². The summed E-state index contributed by atoms with van der Waals surface area (Å²) in [5, 5.41) is 4.63. The lowest BCUT2D eigenvalue weighted by Gasteiger charge is -2.16. The second-order valence-corrected chi connectivity index (χ2v) is 15.0. The van der Waals surface area contributed by atoms with Gasteiger partial charge >= 0.3 is 0 Å². The summed E-state index contributed by atoms with van der Waals surface area (Å²) in [5.41, 5.74) is 11.0. The van der Waals surface area contributed by atoms with Crippen LogP contribution in [-0.2, 0) is 0 Å². The topological polar surface area (TPSA) is 51.8 Å². The lowest BCUT2D eigenvalue weighted by atomic mass is 9.89. The van der Waals surface area contributed by atoms with Gasteiger partial charge in [0.2, 0.25) is 0 Å². The molecule has 11 rings (SSSR count). The highest BCUT2D eigenvalue weighted by Crippen LogP contribution is 2.46. The Bertz CT molecular complexity index is 3230. The van der Waals surface area contributed by atoms with Crippen LogP contribution in [0, 0.1) is 0 Å². The largest absolute Gasteiger partial charge is 0.456 e. The highest BCUT2D eigenvalue weighted by molar-refractivity contribution is 7.25. The van der Waals surface area contributed by atoms with E-state index in [0.29, 0.717) is 17.5 Å². The number of fused-ring (bicyclic) bond motifs is 6. The first kappa shape index (κ1) is 32.2. The monoisotopic (exact) mass is 733 g/mol. The number of benzene rings is 8. The molecule has 3 heterocycles. The van der Waals surface area contributed by atoms with Crippen molar-refractivity contribution in [1.82, 2.24) is 15.0 Å². The fourth-order valence-electron chi connectivity index (χ4n) is 7.81. The fraction of sp³-hybridized carbons (Fsp3) is 0. The summed E-state index contributed by atoms with van der Waals surface area (Å²) in [6.45, 7) is 0. The summed E-state index contributed by atoms with van der Waals surface area (Å²) in [4.78, 5) is 15.6. The molecule has 0 bridgehead atoms. The van der Waals surface area contributed by atoms with E-state index in [4.69, 9.17) is 19.4 Å². The van der Waals surface area contributed by atoms with Crippen molar-refractivity contribution in [1.29, 1.82) is 0 Å². The Balaban J connectivity index is 1.20. The summed E-state index contributed by atoms with van der Waals surface area (Å²) in [7, 11) is 0. The van der Waals surface area contributed by atoms with E-state index in [2.05, 4.69) is 140 Å². The number of furan rings is 1. The first-order chi connectivity index (χ1) is 27.7. The second kappa shape index (κ2) is 13.3. The number of thiophene rings is 1. The summed E-state index contributed by atoms with van der Waals surface area (Å²) < 4.78 is 9.04. The minimum Gasteiger partial charge on any atom is -0.456 e. The van der Waals surface area contributed by atoms with Crippen molar-refractivity contribution in [3.05, 3.63) is 188 Å². The fourth-order valence-corrected chi connectivity index (χ4v) is 8.94. The molecule has 3 aromatic heterocycles. The average Bonchev–Trinajstić information content (AvgIpc) is 3.83. The normalized spacial score (nSPS) is 11.6. The van der Waals surface area contributed by atoms with Crippen LogP contribution in [0.15, 0.2) is 192 Å². The SMILES string of the molecule is c1ccc(-c2ccc(-c3nc(-c4ccccc4)nc(-c4cc5oc6ccccc6c5cc4-c4cc5sc6ccccc6c5cc4-c4ccccc4)n3)cc2)cc1. The minimum atomic E-state index is 0.578. The van der Waals surface area contributed by atoms with Gasteiger partial charge in [0.1, 0.15) is 11.2 Å². The zero-order valence-corrected chi connectivity index (χ0v) is 30.9.